The van der Waals surface area contributed by atoms with Gasteiger partial charge in [0.1, 0.15) is 0 Å². The smallest absolute Gasteiger partial charge is 0.160 e. The summed E-state index contributed by atoms with van der Waals surface area (Å²) in [4.78, 5) is 0. The molecule has 0 unspecified atom stereocenters. The van der Waals surface area contributed by atoms with Crippen LogP contribution in [0.2, 0.25) is 0 Å². The van der Waals surface area contributed by atoms with Crippen molar-refractivity contribution in [3.05, 3.63) is 12.2 Å². The van der Waals surface area contributed by atoms with Crippen LogP contribution in [-0.4, -0.2) is 20.5 Å². The monoisotopic (exact) mass is 130 g/mol. The molecule has 0 heterocycles. The molecule has 0 atom stereocenters. The van der Waals surface area contributed by atoms with Crippen molar-refractivity contribution in [1.29, 1.82) is 0 Å². The summed E-state index contributed by atoms with van der Waals surface area (Å²) in [6, 6.07) is 0. The van der Waals surface area contributed by atoms with Crippen LogP contribution < -0.4 is 0 Å². The summed E-state index contributed by atoms with van der Waals surface area (Å²) in [5.74, 6) is 0. The fraction of sp³-hybridized carbons (Fsp3) is 0.714. The van der Waals surface area contributed by atoms with Crippen molar-refractivity contribution in [2.75, 3.05) is 14.2 Å². The Morgan fingerprint density at radius 3 is 2.22 bits per heavy atom. The molecule has 0 amide bonds. The summed E-state index contributed by atoms with van der Waals surface area (Å²) >= 11 is 0. The number of rotatable bonds is 4. The first-order chi connectivity index (χ1) is 4.35. The normalized spacial score (nSPS) is 11.6. The van der Waals surface area contributed by atoms with Crippen molar-refractivity contribution in [3.8, 4) is 0 Å². The zero-order chi connectivity index (χ0) is 7.11. The van der Waals surface area contributed by atoms with Crippen molar-refractivity contribution < 1.29 is 9.47 Å². The van der Waals surface area contributed by atoms with Crippen molar-refractivity contribution in [2.45, 2.75) is 19.6 Å². The summed E-state index contributed by atoms with van der Waals surface area (Å²) < 4.78 is 9.86. The highest BCUT2D eigenvalue weighted by molar-refractivity contribution is 4.77. The van der Waals surface area contributed by atoms with Crippen LogP contribution in [0.25, 0.3) is 0 Å². The number of hydrogen-bond acceptors (Lipinski definition) is 2. The van der Waals surface area contributed by atoms with Crippen LogP contribution in [0.15, 0.2) is 12.2 Å². The first-order valence-electron chi connectivity index (χ1n) is 3.02. The third-order valence-electron chi connectivity index (χ3n) is 1.09. The SMILES string of the molecule is C/C=C\CC(OC)OC. The molecule has 0 aromatic carbocycles. The van der Waals surface area contributed by atoms with Gasteiger partial charge in [-0.3, -0.25) is 0 Å². The van der Waals surface area contributed by atoms with E-state index in [0.29, 0.717) is 0 Å². The molecule has 2 heteroatoms. The minimum Gasteiger partial charge on any atom is -0.356 e. The predicted molar refractivity (Wildman–Crippen MR) is 37.2 cm³/mol. The van der Waals surface area contributed by atoms with Crippen LogP contribution >= 0.6 is 0 Å². The van der Waals surface area contributed by atoms with Gasteiger partial charge in [-0.2, -0.15) is 0 Å². The zero-order valence-electron chi connectivity index (χ0n) is 6.26. The minimum absolute atomic E-state index is 0.0822. The van der Waals surface area contributed by atoms with E-state index in [9.17, 15) is 0 Å². The molecule has 0 bridgehead atoms. The van der Waals surface area contributed by atoms with Crippen molar-refractivity contribution in [2.24, 2.45) is 0 Å². The number of methoxy groups -OCH3 is 2. The van der Waals surface area contributed by atoms with Gasteiger partial charge >= 0.3 is 0 Å². The Morgan fingerprint density at radius 1 is 1.33 bits per heavy atom. The molecule has 0 aliphatic carbocycles. The van der Waals surface area contributed by atoms with Crippen LogP contribution in [0, 0.1) is 0 Å². The Balaban J connectivity index is 3.31. The standard InChI is InChI=1S/C7H14O2/c1-4-5-6-7(8-2)9-3/h4-5,7H,6H2,1-3H3/b5-4-. The second-order valence-electron chi connectivity index (χ2n) is 1.71. The highest BCUT2D eigenvalue weighted by Gasteiger charge is 1.98. The number of allylic oxidation sites excluding steroid dienone is 1. The molecule has 0 aromatic heterocycles. The topological polar surface area (TPSA) is 18.5 Å². The average Bonchev–Trinajstić information content (AvgIpc) is 1.91. The lowest BCUT2D eigenvalue weighted by atomic mass is 10.4. The second-order valence-corrected chi connectivity index (χ2v) is 1.71. The van der Waals surface area contributed by atoms with E-state index in [1.54, 1.807) is 14.2 Å². The maximum Gasteiger partial charge on any atom is 0.160 e. The van der Waals surface area contributed by atoms with Crippen LogP contribution in [0.5, 0.6) is 0 Å². The van der Waals surface area contributed by atoms with E-state index in [0.717, 1.165) is 6.42 Å². The Kier molecular flexibility index (Phi) is 5.57. The third kappa shape index (κ3) is 4.18. The first-order valence-corrected chi connectivity index (χ1v) is 3.02. The van der Waals surface area contributed by atoms with Gasteiger partial charge in [-0.05, 0) is 6.92 Å². The van der Waals surface area contributed by atoms with Crippen molar-refractivity contribution in [1.82, 2.24) is 0 Å². The molecule has 0 aliphatic rings. The fourth-order valence-electron chi connectivity index (χ4n) is 0.536. The molecule has 54 valence electrons. The maximum absolute atomic E-state index is 4.93. The maximum atomic E-state index is 4.93. The van der Waals surface area contributed by atoms with E-state index in [1.165, 1.54) is 0 Å². The van der Waals surface area contributed by atoms with E-state index >= 15 is 0 Å². The molecule has 2 nitrogen and oxygen atoms in total. The van der Waals surface area contributed by atoms with Gasteiger partial charge in [0.2, 0.25) is 0 Å². The summed E-state index contributed by atoms with van der Waals surface area (Å²) in [6.45, 7) is 1.97. The van der Waals surface area contributed by atoms with Gasteiger partial charge < -0.3 is 9.47 Å². The lowest BCUT2D eigenvalue weighted by molar-refractivity contribution is -0.0986. The largest absolute Gasteiger partial charge is 0.356 e. The van der Waals surface area contributed by atoms with Crippen LogP contribution in [0.1, 0.15) is 13.3 Å². The van der Waals surface area contributed by atoms with Gasteiger partial charge in [0.05, 0.1) is 0 Å². The zero-order valence-corrected chi connectivity index (χ0v) is 6.26. The lowest BCUT2D eigenvalue weighted by Crippen LogP contribution is -2.10. The Labute approximate surface area is 56.5 Å². The highest BCUT2D eigenvalue weighted by Crippen LogP contribution is 1.97. The van der Waals surface area contributed by atoms with Gasteiger partial charge in [0.15, 0.2) is 6.29 Å². The Bertz CT molecular complexity index is 75.0. The molecule has 0 N–H and O–H groups in total. The quantitative estimate of drug-likeness (QED) is 0.425. The van der Waals surface area contributed by atoms with Gasteiger partial charge in [-0.25, -0.2) is 0 Å². The molecule has 0 aliphatic heterocycles. The Morgan fingerprint density at radius 2 is 1.89 bits per heavy atom. The van der Waals surface area contributed by atoms with Crippen LogP contribution in [0.4, 0.5) is 0 Å². The first kappa shape index (κ1) is 8.66. The highest BCUT2D eigenvalue weighted by atomic mass is 16.7. The molecule has 0 saturated carbocycles. The molecule has 9 heavy (non-hydrogen) atoms. The van der Waals surface area contributed by atoms with Gasteiger partial charge in [-0.15, -0.1) is 0 Å². The summed E-state index contributed by atoms with van der Waals surface area (Å²) in [7, 11) is 3.27. The lowest BCUT2D eigenvalue weighted by Gasteiger charge is -2.09. The summed E-state index contributed by atoms with van der Waals surface area (Å²) in [6.07, 6.45) is 4.73. The molecule has 0 saturated heterocycles. The van der Waals surface area contributed by atoms with E-state index in [4.69, 9.17) is 9.47 Å². The average molecular weight is 130 g/mol. The summed E-state index contributed by atoms with van der Waals surface area (Å²) in [5, 5.41) is 0. The fourth-order valence-corrected chi connectivity index (χ4v) is 0.536. The van der Waals surface area contributed by atoms with Gasteiger partial charge in [-0.1, -0.05) is 12.2 Å². The van der Waals surface area contributed by atoms with Crippen LogP contribution in [-0.2, 0) is 9.47 Å². The predicted octanol–water partition coefficient (Wildman–Crippen LogP) is 1.57. The van der Waals surface area contributed by atoms with Crippen molar-refractivity contribution in [3.63, 3.8) is 0 Å². The van der Waals surface area contributed by atoms with E-state index in [2.05, 4.69) is 0 Å². The third-order valence-corrected chi connectivity index (χ3v) is 1.09. The van der Waals surface area contributed by atoms with Gasteiger partial charge in [0.25, 0.3) is 0 Å². The molecule has 0 radical (unpaired) electrons. The second kappa shape index (κ2) is 5.79. The van der Waals surface area contributed by atoms with Crippen molar-refractivity contribution >= 4 is 0 Å². The summed E-state index contributed by atoms with van der Waals surface area (Å²) in [5.41, 5.74) is 0. The minimum atomic E-state index is -0.0822. The number of ether oxygens (including phenoxy) is 2. The molecular weight excluding hydrogens is 116 g/mol. The number of hydrogen-bond donors (Lipinski definition) is 0. The Hall–Kier alpha value is -0.340. The van der Waals surface area contributed by atoms with Gasteiger partial charge in [0, 0.05) is 20.6 Å². The molecular formula is C7H14O2. The molecule has 0 spiro atoms. The molecule has 0 aromatic rings. The van der Waals surface area contributed by atoms with E-state index < -0.39 is 0 Å². The molecule has 0 fully saturated rings. The van der Waals surface area contributed by atoms with Crippen LogP contribution in [0.3, 0.4) is 0 Å². The molecule has 0 rings (SSSR count). The van der Waals surface area contributed by atoms with E-state index in [1.807, 2.05) is 19.1 Å². The van der Waals surface area contributed by atoms with E-state index in [-0.39, 0.29) is 6.29 Å².